The van der Waals surface area contributed by atoms with Gasteiger partial charge in [-0.25, -0.2) is 9.97 Å². The molecule has 0 aliphatic carbocycles. The van der Waals surface area contributed by atoms with E-state index >= 15 is 0 Å². The van der Waals surface area contributed by atoms with Gasteiger partial charge in [-0.05, 0) is 39.8 Å². The Bertz CT molecular complexity index is 551. The minimum Gasteiger partial charge on any atom is -0.467 e. The first-order valence-electron chi connectivity index (χ1n) is 7.02. The van der Waals surface area contributed by atoms with Crippen LogP contribution in [0.1, 0.15) is 31.0 Å². The predicted molar refractivity (Wildman–Crippen MR) is 81.1 cm³/mol. The Hall–Kier alpha value is -2.04. The topological polar surface area (TPSA) is 54.2 Å². The van der Waals surface area contributed by atoms with Crippen LogP contribution in [-0.2, 0) is 6.54 Å². The van der Waals surface area contributed by atoms with Gasteiger partial charge in [-0.15, -0.1) is 0 Å². The van der Waals surface area contributed by atoms with Crippen molar-refractivity contribution in [3.8, 4) is 0 Å². The monoisotopic (exact) mass is 274 g/mol. The Labute approximate surface area is 120 Å². The van der Waals surface area contributed by atoms with E-state index in [-0.39, 0.29) is 0 Å². The maximum Gasteiger partial charge on any atom is 0.137 e. The van der Waals surface area contributed by atoms with E-state index in [1.54, 1.807) is 6.26 Å². The van der Waals surface area contributed by atoms with Crippen molar-refractivity contribution in [1.29, 1.82) is 0 Å². The third kappa shape index (κ3) is 3.10. The van der Waals surface area contributed by atoms with E-state index in [1.165, 1.54) is 0 Å². The van der Waals surface area contributed by atoms with E-state index in [0.717, 1.165) is 41.9 Å². The summed E-state index contributed by atoms with van der Waals surface area (Å²) in [6.45, 7) is 10.6. The average Bonchev–Trinajstić information content (AvgIpc) is 2.93. The van der Waals surface area contributed by atoms with Crippen LogP contribution in [0.4, 0.5) is 11.6 Å². The van der Waals surface area contributed by atoms with Crippen LogP contribution >= 0.6 is 0 Å². The summed E-state index contributed by atoms with van der Waals surface area (Å²) in [6, 6.07) is 3.89. The Balaban J connectivity index is 2.33. The zero-order chi connectivity index (χ0) is 14.5. The molecule has 0 amide bonds. The van der Waals surface area contributed by atoms with Crippen molar-refractivity contribution < 1.29 is 4.42 Å². The highest BCUT2D eigenvalue weighted by Gasteiger charge is 2.15. The molecule has 108 valence electrons. The molecule has 2 rings (SSSR count). The van der Waals surface area contributed by atoms with Crippen LogP contribution in [0.3, 0.4) is 0 Å². The van der Waals surface area contributed by atoms with Gasteiger partial charge < -0.3 is 14.6 Å². The fourth-order valence-corrected chi connectivity index (χ4v) is 2.19. The summed E-state index contributed by atoms with van der Waals surface area (Å²) < 4.78 is 5.43. The van der Waals surface area contributed by atoms with Crippen LogP contribution in [0.5, 0.6) is 0 Å². The Morgan fingerprint density at radius 2 is 2.05 bits per heavy atom. The Morgan fingerprint density at radius 3 is 2.65 bits per heavy atom. The van der Waals surface area contributed by atoms with E-state index in [0.29, 0.717) is 6.54 Å². The lowest BCUT2D eigenvalue weighted by atomic mass is 10.2. The molecular weight excluding hydrogens is 252 g/mol. The van der Waals surface area contributed by atoms with Crippen molar-refractivity contribution in [1.82, 2.24) is 9.97 Å². The molecule has 5 nitrogen and oxygen atoms in total. The van der Waals surface area contributed by atoms with Gasteiger partial charge in [-0.1, -0.05) is 0 Å². The van der Waals surface area contributed by atoms with Gasteiger partial charge in [0, 0.05) is 18.7 Å². The Morgan fingerprint density at radius 1 is 1.25 bits per heavy atom. The van der Waals surface area contributed by atoms with Crippen molar-refractivity contribution >= 4 is 11.6 Å². The molecule has 0 saturated carbocycles. The summed E-state index contributed by atoms with van der Waals surface area (Å²) in [5.74, 6) is 3.59. The number of anilines is 2. The standard InChI is InChI=1S/C15H22N4O/c1-5-16-14-11(3)15(18-12(4)17-14)19(6-2)10-13-8-7-9-20-13/h7-9H,5-6,10H2,1-4H3,(H,16,17,18). The van der Waals surface area contributed by atoms with Gasteiger partial charge in [0.25, 0.3) is 0 Å². The van der Waals surface area contributed by atoms with E-state index in [9.17, 15) is 0 Å². The lowest BCUT2D eigenvalue weighted by Crippen LogP contribution is -2.25. The smallest absolute Gasteiger partial charge is 0.137 e. The second-order valence-corrected chi connectivity index (χ2v) is 4.69. The zero-order valence-corrected chi connectivity index (χ0v) is 12.6. The van der Waals surface area contributed by atoms with Crippen LogP contribution in [-0.4, -0.2) is 23.1 Å². The van der Waals surface area contributed by atoms with Gasteiger partial charge in [0.05, 0.1) is 12.8 Å². The third-order valence-corrected chi connectivity index (χ3v) is 3.18. The van der Waals surface area contributed by atoms with Crippen LogP contribution < -0.4 is 10.2 Å². The molecule has 0 radical (unpaired) electrons. The van der Waals surface area contributed by atoms with E-state index in [1.807, 2.05) is 19.1 Å². The number of nitrogens with zero attached hydrogens (tertiary/aromatic N) is 3. The molecular formula is C15H22N4O. The molecule has 0 spiro atoms. The molecule has 2 heterocycles. The summed E-state index contributed by atoms with van der Waals surface area (Å²) in [5, 5.41) is 3.29. The normalized spacial score (nSPS) is 10.6. The molecule has 0 bridgehead atoms. The quantitative estimate of drug-likeness (QED) is 0.877. The molecule has 0 unspecified atom stereocenters. The molecule has 5 heteroatoms. The SMILES string of the molecule is CCNc1nc(C)nc(N(CC)Cc2ccco2)c1C. The van der Waals surface area contributed by atoms with Crippen LogP contribution in [0.15, 0.2) is 22.8 Å². The zero-order valence-electron chi connectivity index (χ0n) is 12.6. The molecule has 0 aliphatic rings. The number of nitrogens with one attached hydrogen (secondary N) is 1. The van der Waals surface area contributed by atoms with Gasteiger partial charge >= 0.3 is 0 Å². The van der Waals surface area contributed by atoms with Gasteiger partial charge in [0.1, 0.15) is 23.2 Å². The van der Waals surface area contributed by atoms with Gasteiger partial charge in [0.15, 0.2) is 0 Å². The Kier molecular flexibility index (Phi) is 4.61. The van der Waals surface area contributed by atoms with E-state index in [4.69, 9.17) is 4.42 Å². The van der Waals surface area contributed by atoms with Crippen LogP contribution in [0.25, 0.3) is 0 Å². The molecule has 0 atom stereocenters. The highest BCUT2D eigenvalue weighted by Crippen LogP contribution is 2.24. The lowest BCUT2D eigenvalue weighted by Gasteiger charge is -2.24. The number of hydrogen-bond donors (Lipinski definition) is 1. The molecule has 1 N–H and O–H groups in total. The first kappa shape index (κ1) is 14.4. The number of rotatable bonds is 6. The minimum absolute atomic E-state index is 0.715. The highest BCUT2D eigenvalue weighted by molar-refractivity contribution is 5.58. The van der Waals surface area contributed by atoms with Crippen molar-refractivity contribution in [2.75, 3.05) is 23.3 Å². The molecule has 0 fully saturated rings. The summed E-state index contributed by atoms with van der Waals surface area (Å²) in [6.07, 6.45) is 1.70. The van der Waals surface area contributed by atoms with Gasteiger partial charge in [-0.3, -0.25) is 0 Å². The number of hydrogen-bond acceptors (Lipinski definition) is 5. The maximum atomic E-state index is 5.43. The minimum atomic E-state index is 0.715. The van der Waals surface area contributed by atoms with Crippen molar-refractivity contribution in [3.05, 3.63) is 35.5 Å². The predicted octanol–water partition coefficient (Wildman–Crippen LogP) is 3.14. The fraction of sp³-hybridized carbons (Fsp3) is 0.467. The number of aryl methyl sites for hydroxylation is 1. The summed E-state index contributed by atoms with van der Waals surface area (Å²) in [5.41, 5.74) is 1.07. The molecule has 0 aliphatic heterocycles. The number of furan rings is 1. The molecule has 0 aromatic carbocycles. The summed E-state index contributed by atoms with van der Waals surface area (Å²) >= 11 is 0. The third-order valence-electron chi connectivity index (χ3n) is 3.18. The molecule has 0 saturated heterocycles. The number of aromatic nitrogens is 2. The molecule has 20 heavy (non-hydrogen) atoms. The van der Waals surface area contributed by atoms with Crippen molar-refractivity contribution in [3.63, 3.8) is 0 Å². The largest absolute Gasteiger partial charge is 0.467 e. The lowest BCUT2D eigenvalue weighted by molar-refractivity contribution is 0.502. The second kappa shape index (κ2) is 6.41. The first-order valence-corrected chi connectivity index (χ1v) is 7.02. The van der Waals surface area contributed by atoms with E-state index < -0.39 is 0 Å². The van der Waals surface area contributed by atoms with Crippen molar-refractivity contribution in [2.24, 2.45) is 0 Å². The highest BCUT2D eigenvalue weighted by atomic mass is 16.3. The molecule has 2 aromatic heterocycles. The summed E-state index contributed by atoms with van der Waals surface area (Å²) in [7, 11) is 0. The summed E-state index contributed by atoms with van der Waals surface area (Å²) in [4.78, 5) is 11.3. The van der Waals surface area contributed by atoms with E-state index in [2.05, 4.69) is 41.0 Å². The van der Waals surface area contributed by atoms with Crippen LogP contribution in [0.2, 0.25) is 0 Å². The first-order chi connectivity index (χ1) is 9.65. The van der Waals surface area contributed by atoms with Gasteiger partial charge in [-0.2, -0.15) is 0 Å². The second-order valence-electron chi connectivity index (χ2n) is 4.69. The molecule has 2 aromatic rings. The fourth-order valence-electron chi connectivity index (χ4n) is 2.19. The van der Waals surface area contributed by atoms with Crippen LogP contribution in [0, 0.1) is 13.8 Å². The van der Waals surface area contributed by atoms with Gasteiger partial charge in [0.2, 0.25) is 0 Å². The maximum absolute atomic E-state index is 5.43. The van der Waals surface area contributed by atoms with Crippen molar-refractivity contribution in [2.45, 2.75) is 34.2 Å². The average molecular weight is 274 g/mol.